The Morgan fingerprint density at radius 3 is 2.67 bits per heavy atom. The smallest absolute Gasteiger partial charge is 0.216 e. The Bertz CT molecular complexity index is 328. The number of carbonyl (C=O) groups excluding carboxylic acids is 1. The van der Waals surface area contributed by atoms with Crippen molar-refractivity contribution in [2.75, 3.05) is 0 Å². The zero-order valence-electron chi connectivity index (χ0n) is 6.87. The zero-order valence-corrected chi connectivity index (χ0v) is 7.77. The van der Waals surface area contributed by atoms with Crippen LogP contribution >= 0.6 is 12.6 Å². The zero-order chi connectivity index (χ0) is 9.14. The standard InChI is InChI=1S/C10H10OS/c1-7-4-3-5-9(6-7)8(2)10(11)12/h3-6H,2H2,1H3,(H,11,12). The molecule has 62 valence electrons. The normalized spacial score (nSPS) is 9.50. The predicted molar refractivity (Wildman–Crippen MR) is 54.2 cm³/mol. The molecule has 1 aromatic carbocycles. The molecule has 0 unspecified atom stereocenters. The Hall–Kier alpha value is -1.02. The van der Waals surface area contributed by atoms with E-state index in [-0.39, 0.29) is 5.12 Å². The Kier molecular flexibility index (Phi) is 2.71. The molecule has 1 nitrogen and oxygen atoms in total. The second-order valence-corrected chi connectivity index (χ2v) is 3.06. The van der Waals surface area contributed by atoms with Crippen LogP contribution < -0.4 is 0 Å². The van der Waals surface area contributed by atoms with Crippen LogP contribution in [-0.2, 0) is 4.79 Å². The van der Waals surface area contributed by atoms with Gasteiger partial charge in [-0.15, -0.1) is 12.6 Å². The summed E-state index contributed by atoms with van der Waals surface area (Å²) >= 11 is 3.70. The lowest BCUT2D eigenvalue weighted by Gasteiger charge is -2.01. The molecular weight excluding hydrogens is 168 g/mol. The fourth-order valence-corrected chi connectivity index (χ4v) is 1.09. The predicted octanol–water partition coefficient (Wildman–Crippen LogP) is 2.46. The van der Waals surface area contributed by atoms with Crippen molar-refractivity contribution in [3.05, 3.63) is 42.0 Å². The molecule has 0 aliphatic heterocycles. The van der Waals surface area contributed by atoms with E-state index in [0.29, 0.717) is 5.57 Å². The molecule has 2 heteroatoms. The lowest BCUT2D eigenvalue weighted by molar-refractivity contribution is -0.106. The van der Waals surface area contributed by atoms with Crippen LogP contribution in [0, 0.1) is 6.92 Å². The van der Waals surface area contributed by atoms with E-state index in [1.54, 1.807) is 0 Å². The highest BCUT2D eigenvalue weighted by molar-refractivity contribution is 7.98. The molecule has 1 aromatic rings. The molecule has 0 aliphatic carbocycles. The van der Waals surface area contributed by atoms with Crippen molar-refractivity contribution in [1.82, 2.24) is 0 Å². The SMILES string of the molecule is C=C(C(=O)S)c1cccc(C)c1. The third-order valence-electron chi connectivity index (χ3n) is 1.62. The summed E-state index contributed by atoms with van der Waals surface area (Å²) in [7, 11) is 0. The molecule has 0 heterocycles. The van der Waals surface area contributed by atoms with Crippen molar-refractivity contribution in [2.24, 2.45) is 0 Å². The summed E-state index contributed by atoms with van der Waals surface area (Å²) in [6.07, 6.45) is 0. The number of thiol groups is 1. The third-order valence-corrected chi connectivity index (χ3v) is 1.89. The van der Waals surface area contributed by atoms with Gasteiger partial charge in [0.2, 0.25) is 5.12 Å². The monoisotopic (exact) mass is 178 g/mol. The second-order valence-electron chi connectivity index (χ2n) is 2.65. The lowest BCUT2D eigenvalue weighted by atomic mass is 10.1. The average Bonchev–Trinajstić information content (AvgIpc) is 2.03. The Labute approximate surface area is 77.5 Å². The maximum Gasteiger partial charge on any atom is 0.216 e. The number of carbonyl (C=O) groups is 1. The van der Waals surface area contributed by atoms with E-state index in [4.69, 9.17) is 0 Å². The van der Waals surface area contributed by atoms with Crippen LogP contribution in [0.2, 0.25) is 0 Å². The number of rotatable bonds is 2. The minimum Gasteiger partial charge on any atom is -0.282 e. The summed E-state index contributed by atoms with van der Waals surface area (Å²) in [4.78, 5) is 10.8. The first kappa shape index (κ1) is 9.07. The third kappa shape index (κ3) is 1.98. The molecule has 0 fully saturated rings. The maximum atomic E-state index is 10.8. The van der Waals surface area contributed by atoms with Crippen molar-refractivity contribution < 1.29 is 4.79 Å². The summed E-state index contributed by atoms with van der Waals surface area (Å²) in [6.45, 7) is 5.61. The van der Waals surface area contributed by atoms with Crippen LogP contribution in [0.5, 0.6) is 0 Å². The highest BCUT2D eigenvalue weighted by atomic mass is 32.1. The van der Waals surface area contributed by atoms with Crippen LogP contribution in [0.1, 0.15) is 11.1 Å². The van der Waals surface area contributed by atoms with Gasteiger partial charge >= 0.3 is 0 Å². The number of aryl methyl sites for hydroxylation is 1. The van der Waals surface area contributed by atoms with Crippen LogP contribution in [0.3, 0.4) is 0 Å². The van der Waals surface area contributed by atoms with Crippen molar-refractivity contribution in [1.29, 1.82) is 0 Å². The quantitative estimate of drug-likeness (QED) is 0.544. The number of hydrogen-bond acceptors (Lipinski definition) is 1. The van der Waals surface area contributed by atoms with E-state index in [0.717, 1.165) is 11.1 Å². The highest BCUT2D eigenvalue weighted by Crippen LogP contribution is 2.15. The van der Waals surface area contributed by atoms with Crippen molar-refractivity contribution in [3.8, 4) is 0 Å². The first-order chi connectivity index (χ1) is 5.61. The molecule has 0 aromatic heterocycles. The molecule has 0 N–H and O–H groups in total. The molecule has 0 aliphatic rings. The lowest BCUT2D eigenvalue weighted by Crippen LogP contribution is -1.91. The van der Waals surface area contributed by atoms with Crippen molar-refractivity contribution in [2.45, 2.75) is 6.92 Å². The molecule has 0 saturated heterocycles. The molecule has 0 atom stereocenters. The van der Waals surface area contributed by atoms with Crippen molar-refractivity contribution >= 4 is 23.3 Å². The summed E-state index contributed by atoms with van der Waals surface area (Å²) in [5, 5.41) is -0.277. The Morgan fingerprint density at radius 2 is 2.17 bits per heavy atom. The minimum atomic E-state index is -0.277. The van der Waals surface area contributed by atoms with Crippen molar-refractivity contribution in [3.63, 3.8) is 0 Å². The summed E-state index contributed by atoms with van der Waals surface area (Å²) < 4.78 is 0. The van der Waals surface area contributed by atoms with Gasteiger partial charge in [-0.25, -0.2) is 0 Å². The van der Waals surface area contributed by atoms with E-state index in [1.165, 1.54) is 0 Å². The van der Waals surface area contributed by atoms with Gasteiger partial charge in [0.15, 0.2) is 0 Å². The van der Waals surface area contributed by atoms with E-state index in [9.17, 15) is 4.79 Å². The Balaban J connectivity index is 3.04. The van der Waals surface area contributed by atoms with Crippen LogP contribution in [0.4, 0.5) is 0 Å². The molecule has 1 rings (SSSR count). The highest BCUT2D eigenvalue weighted by Gasteiger charge is 2.03. The van der Waals surface area contributed by atoms with Gasteiger partial charge in [-0.05, 0) is 12.5 Å². The van der Waals surface area contributed by atoms with E-state index >= 15 is 0 Å². The van der Waals surface area contributed by atoms with Gasteiger partial charge in [-0.3, -0.25) is 4.79 Å². The van der Waals surface area contributed by atoms with Crippen LogP contribution in [0.15, 0.2) is 30.8 Å². The van der Waals surface area contributed by atoms with Gasteiger partial charge in [-0.1, -0.05) is 36.4 Å². The van der Waals surface area contributed by atoms with Crippen LogP contribution in [-0.4, -0.2) is 5.12 Å². The molecule has 0 radical (unpaired) electrons. The molecule has 12 heavy (non-hydrogen) atoms. The van der Waals surface area contributed by atoms with Gasteiger partial charge < -0.3 is 0 Å². The van der Waals surface area contributed by atoms with E-state index in [1.807, 2.05) is 31.2 Å². The molecule has 0 saturated carbocycles. The fourth-order valence-electron chi connectivity index (χ4n) is 0.956. The number of benzene rings is 1. The Morgan fingerprint density at radius 1 is 1.50 bits per heavy atom. The topological polar surface area (TPSA) is 17.1 Å². The molecular formula is C10H10OS. The van der Waals surface area contributed by atoms with Crippen LogP contribution in [0.25, 0.3) is 5.57 Å². The average molecular weight is 178 g/mol. The van der Waals surface area contributed by atoms with E-state index in [2.05, 4.69) is 19.2 Å². The fraction of sp³-hybridized carbons (Fsp3) is 0.100. The van der Waals surface area contributed by atoms with Gasteiger partial charge in [0.05, 0.1) is 0 Å². The first-order valence-electron chi connectivity index (χ1n) is 3.60. The van der Waals surface area contributed by atoms with Gasteiger partial charge in [0.25, 0.3) is 0 Å². The maximum absolute atomic E-state index is 10.8. The molecule has 0 amide bonds. The summed E-state index contributed by atoms with van der Waals surface area (Å²) in [5.74, 6) is 0. The summed E-state index contributed by atoms with van der Waals surface area (Å²) in [6, 6.07) is 7.63. The largest absolute Gasteiger partial charge is 0.282 e. The van der Waals surface area contributed by atoms with Gasteiger partial charge in [-0.2, -0.15) is 0 Å². The second kappa shape index (κ2) is 3.59. The van der Waals surface area contributed by atoms with E-state index < -0.39 is 0 Å². The molecule has 0 bridgehead atoms. The summed E-state index contributed by atoms with van der Waals surface area (Å²) in [5.41, 5.74) is 2.40. The van der Waals surface area contributed by atoms with Gasteiger partial charge in [0, 0.05) is 5.57 Å². The first-order valence-corrected chi connectivity index (χ1v) is 4.05. The molecule has 0 spiro atoms. The van der Waals surface area contributed by atoms with Gasteiger partial charge in [0.1, 0.15) is 0 Å². The minimum absolute atomic E-state index is 0.277. The number of hydrogen-bond donors (Lipinski definition) is 1.